The number of hydrogen-bond acceptors (Lipinski definition) is 6. The standard InChI is InChI=1S/C36H31FN4O5/c1-3-17-40-29-16-13-25(21-28(29)34(43)41(36(40)45)22-23-11-14-27(37)15-12-23)32(42)33-38-31(30-10-5-6-18-39(30)33)24-8-7-9-26(20-24)35(44)46-19-4-2/h5-16,18,20-21H,3-4,17,19,22H2,1-2H3. The fraction of sp³-hybridized carbons (Fsp3) is 0.194. The van der Waals surface area contributed by atoms with E-state index in [1.165, 1.54) is 34.9 Å². The maximum Gasteiger partial charge on any atom is 0.338 e. The second kappa shape index (κ2) is 12.8. The van der Waals surface area contributed by atoms with Crippen molar-refractivity contribution in [3.05, 3.63) is 140 Å². The van der Waals surface area contributed by atoms with Gasteiger partial charge in [-0.1, -0.05) is 44.2 Å². The number of aryl methyl sites for hydroxylation is 1. The zero-order valence-electron chi connectivity index (χ0n) is 25.4. The number of imidazole rings is 1. The van der Waals surface area contributed by atoms with Crippen LogP contribution >= 0.6 is 0 Å². The summed E-state index contributed by atoms with van der Waals surface area (Å²) in [6, 6.07) is 22.7. The number of halogens is 1. The molecule has 9 nitrogen and oxygen atoms in total. The van der Waals surface area contributed by atoms with E-state index in [0.29, 0.717) is 59.4 Å². The lowest BCUT2D eigenvalue weighted by molar-refractivity contribution is 0.0505. The zero-order chi connectivity index (χ0) is 32.4. The van der Waals surface area contributed by atoms with Crippen molar-refractivity contribution < 1.29 is 18.7 Å². The molecule has 0 atom stereocenters. The van der Waals surface area contributed by atoms with Gasteiger partial charge in [0.15, 0.2) is 5.82 Å². The summed E-state index contributed by atoms with van der Waals surface area (Å²) in [5.74, 6) is -1.16. The number of nitrogens with zero attached hydrogens (tertiary/aromatic N) is 4. The Balaban J connectivity index is 1.45. The Morgan fingerprint density at radius 3 is 2.39 bits per heavy atom. The number of pyridine rings is 1. The molecule has 3 aromatic heterocycles. The average Bonchev–Trinajstić information content (AvgIpc) is 3.47. The van der Waals surface area contributed by atoms with E-state index in [1.807, 2.05) is 32.0 Å². The molecule has 6 aromatic rings. The lowest BCUT2D eigenvalue weighted by Crippen LogP contribution is -2.40. The van der Waals surface area contributed by atoms with Gasteiger partial charge in [-0.15, -0.1) is 0 Å². The highest BCUT2D eigenvalue weighted by molar-refractivity contribution is 6.09. The van der Waals surface area contributed by atoms with Crippen LogP contribution in [0, 0.1) is 5.82 Å². The number of fused-ring (bicyclic) bond motifs is 2. The van der Waals surface area contributed by atoms with Gasteiger partial charge in [0.2, 0.25) is 5.78 Å². The molecule has 0 spiro atoms. The van der Waals surface area contributed by atoms with Crippen molar-refractivity contribution >= 4 is 28.2 Å². The van der Waals surface area contributed by atoms with Gasteiger partial charge in [-0.2, -0.15) is 0 Å². The van der Waals surface area contributed by atoms with Crippen LogP contribution in [-0.4, -0.2) is 36.9 Å². The van der Waals surface area contributed by atoms with Crippen molar-refractivity contribution in [1.82, 2.24) is 18.5 Å². The van der Waals surface area contributed by atoms with Crippen molar-refractivity contribution in [2.24, 2.45) is 0 Å². The minimum atomic E-state index is -0.549. The predicted molar refractivity (Wildman–Crippen MR) is 173 cm³/mol. The molecular weight excluding hydrogens is 587 g/mol. The first-order valence-electron chi connectivity index (χ1n) is 15.1. The van der Waals surface area contributed by atoms with Crippen LogP contribution in [0.4, 0.5) is 4.39 Å². The number of ketones is 1. The molecule has 0 bridgehead atoms. The van der Waals surface area contributed by atoms with Gasteiger partial charge in [-0.3, -0.25) is 23.1 Å². The van der Waals surface area contributed by atoms with Crippen LogP contribution in [0.3, 0.4) is 0 Å². The molecule has 232 valence electrons. The lowest BCUT2D eigenvalue weighted by Gasteiger charge is -2.14. The summed E-state index contributed by atoms with van der Waals surface area (Å²) >= 11 is 0. The van der Waals surface area contributed by atoms with E-state index in [9.17, 15) is 23.6 Å². The van der Waals surface area contributed by atoms with Crippen LogP contribution in [-0.2, 0) is 17.8 Å². The molecule has 0 amide bonds. The van der Waals surface area contributed by atoms with E-state index in [0.717, 1.165) is 4.57 Å². The van der Waals surface area contributed by atoms with Crippen molar-refractivity contribution in [3.8, 4) is 11.3 Å². The summed E-state index contributed by atoms with van der Waals surface area (Å²) in [5.41, 5.74) is 2.38. The molecule has 10 heteroatoms. The highest BCUT2D eigenvalue weighted by Gasteiger charge is 2.22. The third-order valence-electron chi connectivity index (χ3n) is 7.75. The minimum Gasteiger partial charge on any atom is -0.462 e. The van der Waals surface area contributed by atoms with E-state index in [2.05, 4.69) is 0 Å². The highest BCUT2D eigenvalue weighted by atomic mass is 19.1. The van der Waals surface area contributed by atoms with Gasteiger partial charge < -0.3 is 4.74 Å². The van der Waals surface area contributed by atoms with Crippen molar-refractivity contribution in [2.45, 2.75) is 39.8 Å². The third-order valence-corrected chi connectivity index (χ3v) is 7.75. The first kappa shape index (κ1) is 30.4. The van der Waals surface area contributed by atoms with Crippen molar-refractivity contribution in [2.75, 3.05) is 6.61 Å². The SMILES string of the molecule is CCCOC(=O)c1cccc(-c2nc(C(=O)c3ccc4c(c3)c(=O)n(Cc3ccc(F)cc3)c(=O)n4CCC)n3ccccc23)c1. The molecule has 0 aliphatic rings. The van der Waals surface area contributed by atoms with Crippen molar-refractivity contribution in [3.63, 3.8) is 0 Å². The van der Waals surface area contributed by atoms with Gasteiger partial charge in [0.1, 0.15) is 5.82 Å². The number of carbonyl (C=O) groups excluding carboxylic acids is 2. The van der Waals surface area contributed by atoms with E-state index in [1.54, 1.807) is 47.0 Å². The molecule has 0 saturated heterocycles. The number of carbonyl (C=O) groups is 2. The van der Waals surface area contributed by atoms with Crippen LogP contribution < -0.4 is 11.2 Å². The van der Waals surface area contributed by atoms with Crippen LogP contribution in [0.5, 0.6) is 0 Å². The number of ether oxygens (including phenoxy) is 1. The maximum absolute atomic E-state index is 14.1. The second-order valence-corrected chi connectivity index (χ2v) is 11.0. The number of aromatic nitrogens is 4. The smallest absolute Gasteiger partial charge is 0.338 e. The summed E-state index contributed by atoms with van der Waals surface area (Å²) < 4.78 is 23.1. The number of rotatable bonds is 10. The average molecular weight is 619 g/mol. The molecule has 0 fully saturated rings. The van der Waals surface area contributed by atoms with Gasteiger partial charge in [-0.05, 0) is 73.0 Å². The number of hydrogen-bond donors (Lipinski definition) is 0. The molecule has 3 aromatic carbocycles. The fourth-order valence-corrected chi connectivity index (χ4v) is 5.53. The maximum atomic E-state index is 14.1. The van der Waals surface area contributed by atoms with Gasteiger partial charge in [0.25, 0.3) is 5.56 Å². The summed E-state index contributed by atoms with van der Waals surface area (Å²) in [6.07, 6.45) is 3.08. The first-order valence-corrected chi connectivity index (χ1v) is 15.1. The normalized spacial score (nSPS) is 11.3. The molecule has 0 N–H and O–H groups in total. The van der Waals surface area contributed by atoms with Crippen LogP contribution in [0.2, 0.25) is 0 Å². The molecule has 0 aliphatic heterocycles. The van der Waals surface area contributed by atoms with Gasteiger partial charge in [-0.25, -0.2) is 19.0 Å². The molecule has 0 aliphatic carbocycles. The quantitative estimate of drug-likeness (QED) is 0.140. The monoisotopic (exact) mass is 618 g/mol. The first-order chi connectivity index (χ1) is 22.3. The van der Waals surface area contributed by atoms with Gasteiger partial charge >= 0.3 is 11.7 Å². The Kier molecular flexibility index (Phi) is 8.43. The Bertz CT molecular complexity index is 2230. The topological polar surface area (TPSA) is 105 Å². The molecule has 3 heterocycles. The molecule has 6 rings (SSSR count). The van der Waals surface area contributed by atoms with E-state index >= 15 is 0 Å². The largest absolute Gasteiger partial charge is 0.462 e. The Labute approximate surface area is 263 Å². The Morgan fingerprint density at radius 1 is 0.826 bits per heavy atom. The Morgan fingerprint density at radius 2 is 1.63 bits per heavy atom. The van der Waals surface area contributed by atoms with E-state index in [-0.39, 0.29) is 23.3 Å². The van der Waals surface area contributed by atoms with Crippen LogP contribution in [0.15, 0.2) is 101 Å². The molecule has 0 radical (unpaired) electrons. The van der Waals surface area contributed by atoms with Crippen molar-refractivity contribution in [1.29, 1.82) is 0 Å². The molecule has 46 heavy (non-hydrogen) atoms. The summed E-state index contributed by atoms with van der Waals surface area (Å²) in [5, 5.41) is 0.209. The third kappa shape index (κ3) is 5.65. The summed E-state index contributed by atoms with van der Waals surface area (Å²) in [6.45, 7) is 4.48. The second-order valence-electron chi connectivity index (χ2n) is 11.0. The van der Waals surface area contributed by atoms with E-state index < -0.39 is 28.8 Å². The summed E-state index contributed by atoms with van der Waals surface area (Å²) in [7, 11) is 0. The van der Waals surface area contributed by atoms with Gasteiger partial charge in [0.05, 0.1) is 40.8 Å². The van der Waals surface area contributed by atoms with Gasteiger partial charge in [0, 0.05) is 23.9 Å². The lowest BCUT2D eigenvalue weighted by atomic mass is 10.1. The number of benzene rings is 3. The zero-order valence-corrected chi connectivity index (χ0v) is 25.4. The summed E-state index contributed by atoms with van der Waals surface area (Å²) in [4.78, 5) is 58.5. The van der Waals surface area contributed by atoms with Crippen LogP contribution in [0.1, 0.15) is 58.8 Å². The van der Waals surface area contributed by atoms with Crippen LogP contribution in [0.25, 0.3) is 27.7 Å². The molecular formula is C36H31FN4O5. The highest BCUT2D eigenvalue weighted by Crippen LogP contribution is 2.27. The predicted octanol–water partition coefficient (Wildman–Crippen LogP) is 5.87. The minimum absolute atomic E-state index is 0.0465. The van der Waals surface area contributed by atoms with E-state index in [4.69, 9.17) is 9.72 Å². The Hall–Kier alpha value is -5.64. The number of esters is 1. The fourth-order valence-electron chi connectivity index (χ4n) is 5.53. The molecule has 0 unspecified atom stereocenters. The molecule has 0 saturated carbocycles.